The first-order chi connectivity index (χ1) is 8.20. The van der Waals surface area contributed by atoms with Crippen LogP contribution in [-0.2, 0) is 18.9 Å². The Bertz CT molecular complexity index is 279. The van der Waals surface area contributed by atoms with Gasteiger partial charge in [0.15, 0.2) is 12.5 Å². The highest BCUT2D eigenvalue weighted by atomic mass is 16.6. The highest BCUT2D eigenvalue weighted by molar-refractivity contribution is 6.13. The van der Waals surface area contributed by atoms with Gasteiger partial charge in [0.1, 0.15) is 25.0 Å². The predicted octanol–water partition coefficient (Wildman–Crippen LogP) is -0.0399. The molecule has 0 spiro atoms. The van der Waals surface area contributed by atoms with E-state index in [9.17, 15) is 0 Å². The van der Waals surface area contributed by atoms with E-state index in [1.165, 1.54) is 25.0 Å². The summed E-state index contributed by atoms with van der Waals surface area (Å²) in [5.74, 6) is -0.440. The van der Waals surface area contributed by atoms with Gasteiger partial charge in [-0.1, -0.05) is 0 Å². The molecule has 2 rings (SSSR count). The summed E-state index contributed by atoms with van der Waals surface area (Å²) in [6.07, 6.45) is 7.32. The molecule has 0 atom stereocenters. The minimum atomic E-state index is -0.750. The second-order valence-corrected chi connectivity index (χ2v) is 2.11. The average Bonchev–Trinajstić information content (AvgIpc) is 2.33. The lowest BCUT2D eigenvalue weighted by atomic mass is 10.5. The lowest BCUT2D eigenvalue weighted by molar-refractivity contribution is 0.126. The van der Waals surface area contributed by atoms with Gasteiger partial charge in [0.25, 0.3) is 0 Å². The molecule has 8 nitrogen and oxygen atoms in total. The molecule has 0 saturated heterocycles. The van der Waals surface area contributed by atoms with Gasteiger partial charge in [0.05, 0.1) is 0 Å². The lowest BCUT2D eigenvalue weighted by Crippen LogP contribution is -1.87. The number of hydrogen-bond donors (Lipinski definition) is 4. The number of rotatable bonds is 0. The summed E-state index contributed by atoms with van der Waals surface area (Å²) in [7, 11) is -0.750. The molecule has 0 saturated carbocycles. The fourth-order valence-corrected chi connectivity index (χ4v) is 0.510. The number of ether oxygens (including phenoxy) is 4. The maximum absolute atomic E-state index is 8.37. The summed E-state index contributed by atoms with van der Waals surface area (Å²) >= 11 is 0. The minimum Gasteiger partial charge on any atom is -0.478 e. The molecule has 9 heteroatoms. The predicted molar refractivity (Wildman–Crippen MR) is 55.6 cm³/mol. The second kappa shape index (κ2) is 10.3. The van der Waals surface area contributed by atoms with Crippen LogP contribution in [0.4, 0.5) is 0 Å². The fraction of sp³-hybridized carbons (Fsp3) is 0. The van der Waals surface area contributed by atoms with E-state index < -0.39 is 7.69 Å². The highest BCUT2D eigenvalue weighted by Crippen LogP contribution is 1.99. The van der Waals surface area contributed by atoms with Gasteiger partial charge in [-0.25, -0.2) is 0 Å². The molecule has 0 bridgehead atoms. The van der Waals surface area contributed by atoms with Gasteiger partial charge in [-0.2, -0.15) is 0 Å². The van der Waals surface area contributed by atoms with Crippen molar-refractivity contribution in [2.24, 2.45) is 0 Å². The van der Waals surface area contributed by atoms with Crippen LogP contribution < -0.4 is 0 Å². The van der Waals surface area contributed by atoms with E-state index in [0.29, 0.717) is 0 Å². The highest BCUT2D eigenvalue weighted by Gasteiger charge is 1.92. The van der Waals surface area contributed by atoms with Crippen LogP contribution in [0.15, 0.2) is 49.5 Å². The van der Waals surface area contributed by atoms with Crippen molar-refractivity contribution in [1.82, 2.24) is 0 Å². The van der Waals surface area contributed by atoms with Crippen LogP contribution in [0.25, 0.3) is 0 Å². The minimum absolute atomic E-state index is 0.220. The van der Waals surface area contributed by atoms with E-state index >= 15 is 0 Å². The molecule has 0 aromatic carbocycles. The van der Waals surface area contributed by atoms with Crippen LogP contribution in [0.3, 0.4) is 0 Å². The summed E-state index contributed by atoms with van der Waals surface area (Å²) in [4.78, 5) is 0. The van der Waals surface area contributed by atoms with Crippen molar-refractivity contribution in [2.75, 3.05) is 0 Å². The van der Waals surface area contributed by atoms with Crippen molar-refractivity contribution in [1.29, 1.82) is 0 Å². The molecule has 0 unspecified atom stereocenters. The van der Waals surface area contributed by atoms with Gasteiger partial charge < -0.3 is 39.2 Å². The van der Waals surface area contributed by atoms with Crippen molar-refractivity contribution in [3.8, 4) is 0 Å². The van der Waals surface area contributed by atoms with E-state index in [-0.39, 0.29) is 11.9 Å². The van der Waals surface area contributed by atoms with E-state index in [1.807, 2.05) is 0 Å². The third kappa shape index (κ3) is 10.0. The summed E-state index contributed by atoms with van der Waals surface area (Å²) in [5.41, 5.74) is 0. The molecule has 0 amide bonds. The molecule has 4 N–H and O–H groups in total. The monoisotopic (exact) mass is 246 g/mol. The Balaban J connectivity index is 0.000000247. The first kappa shape index (κ1) is 14.7. The zero-order valence-corrected chi connectivity index (χ0v) is 8.59. The Morgan fingerprint density at radius 1 is 0.765 bits per heavy atom. The maximum Gasteiger partial charge on any atom is 0.432 e. The lowest BCUT2D eigenvalue weighted by Gasteiger charge is -2.00. The quantitative estimate of drug-likeness (QED) is 0.439. The third-order valence-corrected chi connectivity index (χ3v) is 0.984. The average molecular weight is 246 g/mol. The van der Waals surface area contributed by atoms with Gasteiger partial charge in [-0.15, -0.1) is 0 Å². The standard InChI is InChI=1S/2C4H4O3.BH3O2/c2*5-4-3-6-1-2-7-4;2-1-3/h2*1-3,5H;1-3H. The Labute approximate surface area is 97.2 Å². The van der Waals surface area contributed by atoms with E-state index in [4.69, 9.17) is 20.3 Å². The van der Waals surface area contributed by atoms with Gasteiger partial charge >= 0.3 is 19.6 Å². The van der Waals surface area contributed by atoms with E-state index in [0.717, 1.165) is 12.5 Å². The topological polar surface area (TPSA) is 118 Å². The van der Waals surface area contributed by atoms with Crippen LogP contribution in [0.1, 0.15) is 0 Å². The summed E-state index contributed by atoms with van der Waals surface area (Å²) in [6.45, 7) is 0. The first-order valence-electron chi connectivity index (χ1n) is 4.15. The van der Waals surface area contributed by atoms with Gasteiger partial charge in [0, 0.05) is 0 Å². The summed E-state index contributed by atoms with van der Waals surface area (Å²) < 4.78 is 17.7. The molecular weight excluding hydrogens is 235 g/mol. The van der Waals surface area contributed by atoms with Gasteiger partial charge in [-0.05, 0) is 0 Å². The van der Waals surface area contributed by atoms with Crippen molar-refractivity contribution in [3.63, 3.8) is 0 Å². The Morgan fingerprint density at radius 2 is 1.12 bits per heavy atom. The molecule has 0 radical (unpaired) electrons. The summed E-state index contributed by atoms with van der Waals surface area (Å²) in [6, 6.07) is 0. The van der Waals surface area contributed by atoms with E-state index in [1.54, 1.807) is 0 Å². The zero-order chi connectivity index (χ0) is 12.9. The molecule has 0 aromatic rings. The van der Waals surface area contributed by atoms with Crippen LogP contribution in [0, 0.1) is 0 Å². The third-order valence-electron chi connectivity index (χ3n) is 0.984. The summed E-state index contributed by atoms with van der Waals surface area (Å²) in [5, 5.41) is 31.0. The van der Waals surface area contributed by atoms with Crippen LogP contribution in [0.5, 0.6) is 0 Å². The number of aliphatic hydroxyl groups excluding tert-OH is 2. The SMILES string of the molecule is OBO.OC1=COC=CO1.OC1=COC=CO1. The normalized spacial score (nSPS) is 14.7. The number of hydrogen-bond acceptors (Lipinski definition) is 8. The molecule has 94 valence electrons. The van der Waals surface area contributed by atoms with Gasteiger partial charge in [-0.3, -0.25) is 0 Å². The maximum atomic E-state index is 8.37. The molecule has 17 heavy (non-hydrogen) atoms. The smallest absolute Gasteiger partial charge is 0.432 e. The van der Waals surface area contributed by atoms with Crippen molar-refractivity contribution >= 4 is 7.69 Å². The largest absolute Gasteiger partial charge is 0.478 e. The molecule has 2 heterocycles. The van der Waals surface area contributed by atoms with Crippen molar-refractivity contribution in [3.05, 3.63) is 49.5 Å². The molecular formula is C8H11BO8. The van der Waals surface area contributed by atoms with Crippen molar-refractivity contribution < 1.29 is 39.2 Å². The fourth-order valence-electron chi connectivity index (χ4n) is 0.510. The first-order valence-corrected chi connectivity index (χ1v) is 4.15. The zero-order valence-electron chi connectivity index (χ0n) is 8.59. The molecule has 0 fully saturated rings. The van der Waals surface area contributed by atoms with Crippen molar-refractivity contribution in [2.45, 2.75) is 0 Å². The second-order valence-electron chi connectivity index (χ2n) is 2.11. The molecule has 0 aliphatic carbocycles. The Morgan fingerprint density at radius 3 is 1.24 bits per heavy atom. The van der Waals surface area contributed by atoms with Crippen LogP contribution in [0.2, 0.25) is 0 Å². The Kier molecular flexibility index (Phi) is 8.91. The van der Waals surface area contributed by atoms with Gasteiger partial charge in [0.2, 0.25) is 0 Å². The Hall–Kier alpha value is -2.26. The molecule has 2 aliphatic rings. The molecule has 0 aromatic heterocycles. The number of aliphatic hydroxyl groups is 2. The van der Waals surface area contributed by atoms with Crippen LogP contribution >= 0.6 is 0 Å². The van der Waals surface area contributed by atoms with Crippen LogP contribution in [-0.4, -0.2) is 27.9 Å². The van der Waals surface area contributed by atoms with E-state index in [2.05, 4.69) is 18.9 Å². The molecule has 2 aliphatic heterocycles.